The van der Waals surface area contributed by atoms with Gasteiger partial charge in [0.15, 0.2) is 0 Å². The first kappa shape index (κ1) is 8.24. The molecule has 52 valence electrons. The maximum Gasteiger partial charge on any atom is 0.133 e. The van der Waals surface area contributed by atoms with Gasteiger partial charge in [-0.3, -0.25) is 0 Å². The number of allylic oxidation sites excluding steroid dienone is 2. The van der Waals surface area contributed by atoms with E-state index >= 15 is 0 Å². The van der Waals surface area contributed by atoms with Crippen molar-refractivity contribution in [2.24, 2.45) is 16.5 Å². The lowest BCUT2D eigenvalue weighted by molar-refractivity contribution is 1.37. The highest BCUT2D eigenvalue weighted by molar-refractivity contribution is 5.78. The van der Waals surface area contributed by atoms with Crippen LogP contribution in [-0.2, 0) is 0 Å². The SMILES string of the molecule is C=C(C#N)N=C/C(N)=C\N. The van der Waals surface area contributed by atoms with Gasteiger partial charge in [0.2, 0.25) is 0 Å². The van der Waals surface area contributed by atoms with E-state index in [1.165, 1.54) is 12.4 Å². The zero-order valence-electron chi connectivity index (χ0n) is 5.41. The van der Waals surface area contributed by atoms with E-state index in [1.807, 2.05) is 0 Å². The van der Waals surface area contributed by atoms with Gasteiger partial charge < -0.3 is 11.5 Å². The number of hydrogen-bond acceptors (Lipinski definition) is 4. The highest BCUT2D eigenvalue weighted by Gasteiger charge is 1.82. The number of hydrogen-bond donors (Lipinski definition) is 2. The van der Waals surface area contributed by atoms with Crippen molar-refractivity contribution in [3.8, 4) is 6.07 Å². The number of rotatable bonds is 2. The van der Waals surface area contributed by atoms with Crippen LogP contribution in [0.2, 0.25) is 0 Å². The maximum atomic E-state index is 8.17. The van der Waals surface area contributed by atoms with Gasteiger partial charge in [-0.1, -0.05) is 6.58 Å². The van der Waals surface area contributed by atoms with Crippen molar-refractivity contribution in [2.45, 2.75) is 0 Å². The Balaban J connectivity index is 4.04. The first-order valence-electron chi connectivity index (χ1n) is 2.51. The average Bonchev–Trinajstić information content (AvgIpc) is 1.99. The minimum Gasteiger partial charge on any atom is -0.403 e. The van der Waals surface area contributed by atoms with E-state index in [9.17, 15) is 0 Å². The van der Waals surface area contributed by atoms with Crippen LogP contribution in [0.3, 0.4) is 0 Å². The van der Waals surface area contributed by atoms with E-state index in [0.717, 1.165) is 0 Å². The molecule has 0 saturated carbocycles. The summed E-state index contributed by atoms with van der Waals surface area (Å²) in [6.45, 7) is 3.30. The van der Waals surface area contributed by atoms with Gasteiger partial charge in [0.05, 0.1) is 11.9 Å². The highest BCUT2D eigenvalue weighted by Crippen LogP contribution is 1.86. The van der Waals surface area contributed by atoms with Crippen LogP contribution >= 0.6 is 0 Å². The molecule has 0 aliphatic carbocycles. The van der Waals surface area contributed by atoms with E-state index in [1.54, 1.807) is 6.07 Å². The smallest absolute Gasteiger partial charge is 0.133 e. The number of nitrogens with zero attached hydrogens (tertiary/aromatic N) is 2. The summed E-state index contributed by atoms with van der Waals surface area (Å²) in [6, 6.07) is 1.73. The Morgan fingerprint density at radius 2 is 2.30 bits per heavy atom. The summed E-state index contributed by atoms with van der Waals surface area (Å²) in [4.78, 5) is 3.56. The van der Waals surface area contributed by atoms with Crippen molar-refractivity contribution in [1.29, 1.82) is 5.26 Å². The van der Waals surface area contributed by atoms with E-state index < -0.39 is 0 Å². The fourth-order valence-electron chi connectivity index (χ4n) is 0.224. The molecular weight excluding hydrogens is 128 g/mol. The van der Waals surface area contributed by atoms with E-state index in [4.69, 9.17) is 16.7 Å². The second-order valence-corrected chi connectivity index (χ2v) is 1.48. The highest BCUT2D eigenvalue weighted by atomic mass is 14.8. The molecule has 0 rings (SSSR count). The summed E-state index contributed by atoms with van der Waals surface area (Å²) in [7, 11) is 0. The van der Waals surface area contributed by atoms with Gasteiger partial charge in [-0.15, -0.1) is 0 Å². The Morgan fingerprint density at radius 1 is 1.70 bits per heavy atom. The molecule has 0 saturated heterocycles. The second-order valence-electron chi connectivity index (χ2n) is 1.48. The molecule has 4 N–H and O–H groups in total. The summed E-state index contributed by atoms with van der Waals surface area (Å²) in [5.74, 6) is 0. The molecule has 0 aromatic rings. The Kier molecular flexibility index (Phi) is 3.42. The zero-order valence-corrected chi connectivity index (χ0v) is 5.41. The van der Waals surface area contributed by atoms with Crippen molar-refractivity contribution in [1.82, 2.24) is 0 Å². The lowest BCUT2D eigenvalue weighted by atomic mass is 10.5. The molecule has 0 aliphatic rings. The van der Waals surface area contributed by atoms with Gasteiger partial charge in [0, 0.05) is 6.20 Å². The second kappa shape index (κ2) is 4.15. The zero-order chi connectivity index (χ0) is 7.98. The van der Waals surface area contributed by atoms with Crippen LogP contribution in [-0.4, -0.2) is 6.21 Å². The minimum absolute atomic E-state index is 0.102. The van der Waals surface area contributed by atoms with Crippen LogP contribution in [0.1, 0.15) is 0 Å². The molecule has 0 radical (unpaired) electrons. The third-order valence-electron chi connectivity index (χ3n) is 0.691. The molecular formula is C6H8N4. The molecule has 0 aromatic carbocycles. The summed E-state index contributed by atoms with van der Waals surface area (Å²) in [6.07, 6.45) is 2.46. The van der Waals surface area contributed by atoms with Crippen molar-refractivity contribution in [3.63, 3.8) is 0 Å². The van der Waals surface area contributed by atoms with E-state index in [0.29, 0.717) is 5.70 Å². The van der Waals surface area contributed by atoms with Crippen LogP contribution in [0.5, 0.6) is 0 Å². The van der Waals surface area contributed by atoms with Crippen LogP contribution in [0.15, 0.2) is 29.2 Å². The maximum absolute atomic E-state index is 8.17. The molecule has 0 amide bonds. The number of nitrogens with two attached hydrogens (primary N) is 2. The number of nitriles is 1. The first-order valence-corrected chi connectivity index (χ1v) is 2.51. The van der Waals surface area contributed by atoms with E-state index in [-0.39, 0.29) is 5.70 Å². The molecule has 0 atom stereocenters. The predicted molar refractivity (Wildman–Crippen MR) is 39.7 cm³/mol. The third kappa shape index (κ3) is 3.27. The van der Waals surface area contributed by atoms with Crippen molar-refractivity contribution < 1.29 is 0 Å². The van der Waals surface area contributed by atoms with Crippen molar-refractivity contribution in [2.75, 3.05) is 0 Å². The molecule has 0 bridgehead atoms. The summed E-state index contributed by atoms with van der Waals surface area (Å²) in [5.41, 5.74) is 10.6. The van der Waals surface area contributed by atoms with Gasteiger partial charge >= 0.3 is 0 Å². The van der Waals surface area contributed by atoms with Crippen LogP contribution in [0.4, 0.5) is 0 Å². The lowest BCUT2D eigenvalue weighted by Gasteiger charge is -1.85. The quantitative estimate of drug-likeness (QED) is 0.409. The normalized spacial score (nSPS) is 11.3. The largest absolute Gasteiger partial charge is 0.403 e. The summed E-state index contributed by atoms with van der Waals surface area (Å²) >= 11 is 0. The Hall–Kier alpha value is -1.76. The summed E-state index contributed by atoms with van der Waals surface area (Å²) in [5, 5.41) is 8.17. The standard InChI is InChI=1S/C6H8N4/c1-5(2-7)10-4-6(9)3-8/h3-4H,1,8-9H2/b6-3+,10-4?. The number of aliphatic imine (C=N–C) groups is 1. The van der Waals surface area contributed by atoms with Crippen molar-refractivity contribution in [3.05, 3.63) is 24.2 Å². The van der Waals surface area contributed by atoms with Crippen LogP contribution in [0, 0.1) is 11.3 Å². The van der Waals surface area contributed by atoms with Crippen LogP contribution in [0.25, 0.3) is 0 Å². The monoisotopic (exact) mass is 136 g/mol. The molecule has 0 unspecified atom stereocenters. The topological polar surface area (TPSA) is 88.2 Å². The van der Waals surface area contributed by atoms with Gasteiger partial charge in [-0.25, -0.2) is 4.99 Å². The molecule has 0 fully saturated rings. The molecule has 10 heavy (non-hydrogen) atoms. The van der Waals surface area contributed by atoms with Gasteiger partial charge in [0.25, 0.3) is 0 Å². The van der Waals surface area contributed by atoms with Crippen LogP contribution < -0.4 is 11.5 Å². The molecule has 0 aliphatic heterocycles. The molecule has 0 aromatic heterocycles. The average molecular weight is 136 g/mol. The first-order chi connectivity index (χ1) is 4.70. The van der Waals surface area contributed by atoms with Gasteiger partial charge in [0.1, 0.15) is 11.8 Å². The predicted octanol–water partition coefficient (Wildman–Crippen LogP) is -0.147. The Labute approximate surface area is 59.2 Å². The molecule has 0 heterocycles. The fraction of sp³-hybridized carbons (Fsp3) is 0. The fourth-order valence-corrected chi connectivity index (χ4v) is 0.224. The Morgan fingerprint density at radius 3 is 2.70 bits per heavy atom. The summed E-state index contributed by atoms with van der Waals surface area (Å²) < 4.78 is 0. The molecule has 4 heteroatoms. The lowest BCUT2D eigenvalue weighted by Crippen LogP contribution is -2.01. The minimum atomic E-state index is 0.102. The third-order valence-corrected chi connectivity index (χ3v) is 0.691. The molecule has 4 nitrogen and oxygen atoms in total. The van der Waals surface area contributed by atoms with Crippen molar-refractivity contribution >= 4 is 6.21 Å². The van der Waals surface area contributed by atoms with E-state index in [2.05, 4.69) is 11.6 Å². The van der Waals surface area contributed by atoms with Gasteiger partial charge in [-0.2, -0.15) is 5.26 Å². The van der Waals surface area contributed by atoms with Gasteiger partial charge in [-0.05, 0) is 0 Å². The Bertz CT molecular complexity index is 218. The molecule has 0 spiro atoms.